The number of nitrogens with one attached hydrogen (secondary N) is 2. The highest BCUT2D eigenvalue weighted by Crippen LogP contribution is 2.33. The van der Waals surface area contributed by atoms with E-state index < -0.39 is 18.6 Å². The minimum Gasteiger partial charge on any atom is -0.487 e. The maximum absolute atomic E-state index is 12.6. The number of para-hydroxylation sites is 1. The van der Waals surface area contributed by atoms with E-state index in [1.54, 1.807) is 5.32 Å². The fourth-order valence-corrected chi connectivity index (χ4v) is 4.92. The number of benzene rings is 2. The van der Waals surface area contributed by atoms with Crippen molar-refractivity contribution in [2.24, 2.45) is 11.8 Å². The predicted octanol–water partition coefficient (Wildman–Crippen LogP) is 8.45. The van der Waals surface area contributed by atoms with Crippen LogP contribution in [0, 0.1) is 23.7 Å². The van der Waals surface area contributed by atoms with Crippen molar-refractivity contribution in [3.05, 3.63) is 76.1 Å². The van der Waals surface area contributed by atoms with Crippen molar-refractivity contribution >= 4 is 29.1 Å². The smallest absolute Gasteiger partial charge is 0.410 e. The zero-order valence-corrected chi connectivity index (χ0v) is 31.8. The molecule has 0 radical (unpaired) electrons. The van der Waals surface area contributed by atoms with Gasteiger partial charge >= 0.3 is 18.2 Å². The number of ether oxygens (including phenoxy) is 2. The second-order valence-electron chi connectivity index (χ2n) is 14.6. The van der Waals surface area contributed by atoms with Crippen LogP contribution in [-0.4, -0.2) is 63.0 Å². The number of amides is 2. The minimum absolute atomic E-state index is 0.169. The number of hydrogen-bond acceptors (Lipinski definition) is 6. The van der Waals surface area contributed by atoms with E-state index in [1.165, 1.54) is 19.3 Å². The number of fused-ring (bicyclic) bond motifs is 1. The quantitative estimate of drug-likeness (QED) is 0.133. The summed E-state index contributed by atoms with van der Waals surface area (Å²) >= 11 is 0. The topological polar surface area (TPSA) is 158 Å². The van der Waals surface area contributed by atoms with Crippen LogP contribution in [0.3, 0.4) is 0 Å². The summed E-state index contributed by atoms with van der Waals surface area (Å²) in [4.78, 5) is 48.0. The van der Waals surface area contributed by atoms with Gasteiger partial charge in [-0.05, 0) is 82.9 Å². The first-order chi connectivity index (χ1) is 24.6. The monoisotopic (exact) mass is 719 g/mol. The third-order valence-electron chi connectivity index (χ3n) is 7.50. The number of aromatic nitrogens is 1. The normalized spacial score (nSPS) is 14.6. The summed E-state index contributed by atoms with van der Waals surface area (Å²) in [6, 6.07) is 18.0. The molecule has 1 aromatic heterocycles. The van der Waals surface area contributed by atoms with Gasteiger partial charge in [0, 0.05) is 24.4 Å². The molecular formula is C41H57N3O8. The Hall–Kier alpha value is -4.98. The summed E-state index contributed by atoms with van der Waals surface area (Å²) in [6.45, 7) is 15.0. The van der Waals surface area contributed by atoms with Crippen LogP contribution in [0.5, 0.6) is 5.75 Å². The molecule has 1 saturated carbocycles. The fraction of sp³-hybridized carbons (Fsp3) is 0.512. The molecule has 1 aliphatic heterocycles. The van der Waals surface area contributed by atoms with Crippen LogP contribution in [0.1, 0.15) is 105 Å². The molecule has 5 rings (SSSR count). The Kier molecular flexibility index (Phi) is 18.3. The van der Waals surface area contributed by atoms with Gasteiger partial charge in [0.05, 0.1) is 5.52 Å². The number of unbranched alkanes of at least 4 members (excludes halogenated alkanes) is 1. The minimum atomic E-state index is -1.33. The van der Waals surface area contributed by atoms with E-state index >= 15 is 0 Å². The lowest BCUT2D eigenvalue weighted by atomic mass is 10.1. The van der Waals surface area contributed by atoms with Crippen molar-refractivity contribution < 1.29 is 34.1 Å². The van der Waals surface area contributed by atoms with Gasteiger partial charge in [-0.15, -0.1) is 0 Å². The molecule has 2 amide bonds. The Morgan fingerprint density at radius 2 is 1.63 bits per heavy atom. The molecule has 1 saturated heterocycles. The standard InChI is InChI=1S/C24H23NO2.C10H19NO2.C4H10.C3H5NO4/c26-24-21(13-6-2-3-9-18-15-16-18)23(20-12-7-8-14-22(20)25-24)27-17-19-10-4-1-5-11-19;1-8-6-5-7-11(8)9(12)13-10(2,3)4;1-4(2)3;5-2(6)1-4-3(7)8/h1,4-5,7-8,10-12,14,18H,2-3,9,15-17H2,(H,25,26);8H,5-7H2,1-4H3;4H,1-3H3;4H,1H2,(H,5,6)(H,7,8). The Balaban J connectivity index is 0.000000310. The number of aromatic amines is 1. The Morgan fingerprint density at radius 3 is 2.17 bits per heavy atom. The number of carbonyl (C=O) groups excluding carboxylic acids is 1. The fourth-order valence-electron chi connectivity index (χ4n) is 4.92. The number of pyridine rings is 1. The SMILES string of the molecule is CC(C)C.CC1CCCN1C(=O)OC(C)(C)C.O=C(O)CNC(=O)O.O=c1[nH]c2ccccc2c(OCc2ccccc2)c1C#CCCCC1CC1. The molecule has 52 heavy (non-hydrogen) atoms. The lowest BCUT2D eigenvalue weighted by molar-refractivity contribution is -0.135. The summed E-state index contributed by atoms with van der Waals surface area (Å²) in [5.74, 6) is 7.40. The lowest BCUT2D eigenvalue weighted by Gasteiger charge is -2.26. The van der Waals surface area contributed by atoms with Gasteiger partial charge in [0.2, 0.25) is 0 Å². The Labute approximate surface area is 308 Å². The van der Waals surface area contributed by atoms with Crippen LogP contribution in [0.15, 0.2) is 59.4 Å². The van der Waals surface area contributed by atoms with Crippen molar-refractivity contribution in [3.63, 3.8) is 0 Å². The van der Waals surface area contributed by atoms with Crippen LogP contribution in [0.2, 0.25) is 0 Å². The molecule has 11 heteroatoms. The number of carboxylic acid groups (broad SMARTS) is 2. The lowest BCUT2D eigenvalue weighted by Crippen LogP contribution is -2.38. The third kappa shape index (κ3) is 17.8. The summed E-state index contributed by atoms with van der Waals surface area (Å²) in [7, 11) is 0. The Morgan fingerprint density at radius 1 is 1.00 bits per heavy atom. The van der Waals surface area contributed by atoms with Crippen molar-refractivity contribution in [1.82, 2.24) is 15.2 Å². The van der Waals surface area contributed by atoms with E-state index in [1.807, 2.05) is 80.3 Å². The van der Waals surface area contributed by atoms with Crippen LogP contribution in [-0.2, 0) is 16.1 Å². The number of rotatable bonds is 8. The molecule has 1 atom stereocenters. The first-order valence-electron chi connectivity index (χ1n) is 18.1. The zero-order chi connectivity index (χ0) is 38.7. The molecule has 3 aromatic rings. The van der Waals surface area contributed by atoms with Gasteiger partial charge in [0.15, 0.2) is 0 Å². The van der Waals surface area contributed by atoms with Crippen LogP contribution in [0.25, 0.3) is 10.9 Å². The maximum Gasteiger partial charge on any atom is 0.410 e. The number of H-pyrrole nitrogens is 1. The van der Waals surface area contributed by atoms with E-state index in [9.17, 15) is 19.2 Å². The number of carbonyl (C=O) groups is 3. The summed E-state index contributed by atoms with van der Waals surface area (Å²) < 4.78 is 11.4. The first kappa shape index (κ1) is 43.2. The van der Waals surface area contributed by atoms with Crippen LogP contribution < -0.4 is 15.6 Å². The molecule has 2 fully saturated rings. The second-order valence-corrected chi connectivity index (χ2v) is 14.6. The average Bonchev–Trinajstić information content (AvgIpc) is 3.79. The maximum atomic E-state index is 12.6. The molecule has 4 N–H and O–H groups in total. The van der Waals surface area contributed by atoms with Gasteiger partial charge in [-0.3, -0.25) is 9.59 Å². The highest BCUT2D eigenvalue weighted by atomic mass is 16.6. The Bertz CT molecular complexity index is 1660. The van der Waals surface area contributed by atoms with Gasteiger partial charge in [0.1, 0.15) is 30.1 Å². The van der Waals surface area contributed by atoms with Crippen LogP contribution >= 0.6 is 0 Å². The highest BCUT2D eigenvalue weighted by Gasteiger charge is 2.29. The van der Waals surface area contributed by atoms with E-state index in [2.05, 4.69) is 44.5 Å². The highest BCUT2D eigenvalue weighted by molar-refractivity contribution is 5.87. The van der Waals surface area contributed by atoms with Crippen molar-refractivity contribution in [2.45, 2.75) is 112 Å². The molecule has 2 heterocycles. The van der Waals surface area contributed by atoms with Crippen LogP contribution in [0.4, 0.5) is 9.59 Å². The average molecular weight is 720 g/mol. The van der Waals surface area contributed by atoms with Gasteiger partial charge in [-0.1, -0.05) is 87.9 Å². The molecular weight excluding hydrogens is 662 g/mol. The summed E-state index contributed by atoms with van der Waals surface area (Å²) in [5.41, 5.74) is 1.69. The summed E-state index contributed by atoms with van der Waals surface area (Å²) in [5, 5.41) is 18.2. The molecule has 0 spiro atoms. The molecule has 2 aliphatic rings. The van der Waals surface area contributed by atoms with E-state index in [-0.39, 0.29) is 17.3 Å². The largest absolute Gasteiger partial charge is 0.487 e. The molecule has 2 aromatic carbocycles. The van der Waals surface area contributed by atoms with E-state index in [4.69, 9.17) is 19.7 Å². The van der Waals surface area contributed by atoms with Crippen molar-refractivity contribution in [2.75, 3.05) is 13.1 Å². The van der Waals surface area contributed by atoms with E-state index in [0.29, 0.717) is 24.0 Å². The third-order valence-corrected chi connectivity index (χ3v) is 7.50. The molecule has 284 valence electrons. The molecule has 1 aliphatic carbocycles. The number of likely N-dealkylation sites (tertiary alicyclic amines) is 1. The zero-order valence-electron chi connectivity index (χ0n) is 31.8. The number of hydrogen-bond donors (Lipinski definition) is 4. The number of nitrogens with zero attached hydrogens (tertiary/aromatic N) is 1. The van der Waals surface area contributed by atoms with Gasteiger partial charge in [-0.25, -0.2) is 9.59 Å². The molecule has 11 nitrogen and oxygen atoms in total. The van der Waals surface area contributed by atoms with Crippen molar-refractivity contribution in [3.8, 4) is 17.6 Å². The first-order valence-corrected chi connectivity index (χ1v) is 18.1. The molecule has 0 bridgehead atoms. The number of carboxylic acids is 1. The van der Waals surface area contributed by atoms with Gasteiger partial charge in [-0.2, -0.15) is 0 Å². The van der Waals surface area contributed by atoms with E-state index in [0.717, 1.165) is 60.5 Å². The second kappa shape index (κ2) is 22.1. The number of aliphatic carboxylic acids is 1. The molecule has 1 unspecified atom stereocenters. The van der Waals surface area contributed by atoms with Gasteiger partial charge < -0.3 is 34.9 Å². The predicted molar refractivity (Wildman–Crippen MR) is 205 cm³/mol. The summed E-state index contributed by atoms with van der Waals surface area (Å²) in [6.07, 6.45) is 6.61. The van der Waals surface area contributed by atoms with Crippen molar-refractivity contribution in [1.29, 1.82) is 0 Å². The van der Waals surface area contributed by atoms with Gasteiger partial charge in [0.25, 0.3) is 5.56 Å².